The first-order valence-corrected chi connectivity index (χ1v) is 8.20. The van der Waals surface area contributed by atoms with Gasteiger partial charge in [0.25, 0.3) is 0 Å². The summed E-state index contributed by atoms with van der Waals surface area (Å²) in [4.78, 5) is 4.72. The lowest BCUT2D eigenvalue weighted by molar-refractivity contribution is 0.440. The van der Waals surface area contributed by atoms with E-state index in [-0.39, 0.29) is 5.38 Å². The monoisotopic (exact) mass is 301 g/mol. The molecule has 4 heteroatoms. The number of nitriles is 1. The highest BCUT2D eigenvalue weighted by Gasteiger charge is 2.22. The summed E-state index contributed by atoms with van der Waals surface area (Å²) in [5, 5.41) is 9.03. The van der Waals surface area contributed by atoms with Gasteiger partial charge in [0.1, 0.15) is 5.82 Å². The Balaban J connectivity index is 2.16. The van der Waals surface area contributed by atoms with Crippen LogP contribution in [0.3, 0.4) is 0 Å². The lowest BCUT2D eigenvalue weighted by atomic mass is 10.1. The summed E-state index contributed by atoms with van der Waals surface area (Å²) < 4.78 is 2.30. The van der Waals surface area contributed by atoms with E-state index in [1.54, 1.807) is 0 Å². The zero-order valence-corrected chi connectivity index (χ0v) is 13.1. The van der Waals surface area contributed by atoms with Crippen LogP contribution >= 0.6 is 11.6 Å². The molecule has 1 aliphatic rings. The average Bonchev–Trinajstić information content (AvgIpc) is 2.67. The number of nitrogens with zero attached hydrogens (tertiary/aromatic N) is 3. The third-order valence-corrected chi connectivity index (χ3v) is 4.59. The topological polar surface area (TPSA) is 41.6 Å². The molecular formula is C17H20ClN3. The Bertz CT molecular complexity index is 673. The zero-order chi connectivity index (χ0) is 14.8. The van der Waals surface area contributed by atoms with Gasteiger partial charge in [-0.1, -0.05) is 25.7 Å². The quantitative estimate of drug-likeness (QED) is 0.572. The summed E-state index contributed by atoms with van der Waals surface area (Å²) in [5.74, 6) is 0.939. The predicted octanol–water partition coefficient (Wildman–Crippen LogP) is 5.10. The second-order valence-corrected chi connectivity index (χ2v) is 6.57. The average molecular weight is 302 g/mol. The number of alkyl halides is 1. The summed E-state index contributed by atoms with van der Waals surface area (Å²) in [6.07, 6.45) is 7.52. The van der Waals surface area contributed by atoms with Crippen molar-refractivity contribution in [3.63, 3.8) is 0 Å². The first kappa shape index (κ1) is 14.4. The van der Waals surface area contributed by atoms with Crippen LogP contribution in [0.25, 0.3) is 11.0 Å². The summed E-state index contributed by atoms with van der Waals surface area (Å²) >= 11 is 6.37. The Kier molecular flexibility index (Phi) is 4.17. The van der Waals surface area contributed by atoms with Gasteiger partial charge >= 0.3 is 0 Å². The Hall–Kier alpha value is -1.53. The van der Waals surface area contributed by atoms with Gasteiger partial charge in [-0.3, -0.25) is 0 Å². The van der Waals surface area contributed by atoms with E-state index >= 15 is 0 Å². The molecule has 1 unspecified atom stereocenters. The zero-order valence-electron chi connectivity index (χ0n) is 12.3. The van der Waals surface area contributed by atoms with Gasteiger partial charge in [-0.25, -0.2) is 4.98 Å². The van der Waals surface area contributed by atoms with Gasteiger partial charge in [0.15, 0.2) is 0 Å². The third-order valence-electron chi connectivity index (χ3n) is 4.39. The molecule has 1 heterocycles. The van der Waals surface area contributed by atoms with Crippen molar-refractivity contribution in [3.05, 3.63) is 29.6 Å². The highest BCUT2D eigenvalue weighted by Crippen LogP contribution is 2.35. The van der Waals surface area contributed by atoms with Crippen molar-refractivity contribution < 1.29 is 0 Å². The fraction of sp³-hybridized carbons (Fsp3) is 0.529. The molecular weight excluding hydrogens is 282 g/mol. The number of halogens is 1. The van der Waals surface area contributed by atoms with Gasteiger partial charge in [-0.15, -0.1) is 11.6 Å². The van der Waals surface area contributed by atoms with E-state index in [9.17, 15) is 0 Å². The molecule has 0 N–H and O–H groups in total. The fourth-order valence-corrected chi connectivity index (χ4v) is 3.52. The van der Waals surface area contributed by atoms with Crippen molar-refractivity contribution in [1.29, 1.82) is 5.26 Å². The lowest BCUT2D eigenvalue weighted by Crippen LogP contribution is -2.12. The van der Waals surface area contributed by atoms with Crippen molar-refractivity contribution in [2.75, 3.05) is 0 Å². The van der Waals surface area contributed by atoms with Crippen molar-refractivity contribution in [2.45, 2.75) is 56.9 Å². The van der Waals surface area contributed by atoms with Crippen LogP contribution in [0.1, 0.15) is 68.3 Å². The molecule has 1 fully saturated rings. The molecule has 0 aliphatic heterocycles. The van der Waals surface area contributed by atoms with Crippen molar-refractivity contribution in [2.24, 2.45) is 0 Å². The number of fused-ring (bicyclic) bond motifs is 1. The van der Waals surface area contributed by atoms with E-state index in [1.165, 1.54) is 38.5 Å². The van der Waals surface area contributed by atoms with Crippen LogP contribution in [0, 0.1) is 11.3 Å². The van der Waals surface area contributed by atoms with E-state index in [1.807, 2.05) is 25.1 Å². The summed E-state index contributed by atoms with van der Waals surface area (Å²) in [6.45, 7) is 1.97. The fourth-order valence-electron chi connectivity index (χ4n) is 3.36. The Morgan fingerprint density at radius 2 is 2.00 bits per heavy atom. The molecule has 0 spiro atoms. The van der Waals surface area contributed by atoms with Crippen LogP contribution in [0.15, 0.2) is 18.2 Å². The number of aromatic nitrogens is 2. The minimum atomic E-state index is -0.119. The molecule has 3 nitrogen and oxygen atoms in total. The van der Waals surface area contributed by atoms with Crippen LogP contribution in [0.4, 0.5) is 0 Å². The minimum Gasteiger partial charge on any atom is -0.324 e. The van der Waals surface area contributed by atoms with Gasteiger partial charge in [0.05, 0.1) is 28.0 Å². The Morgan fingerprint density at radius 3 is 2.62 bits per heavy atom. The van der Waals surface area contributed by atoms with E-state index in [0.29, 0.717) is 11.6 Å². The van der Waals surface area contributed by atoms with Gasteiger partial charge < -0.3 is 4.57 Å². The minimum absolute atomic E-state index is 0.119. The largest absolute Gasteiger partial charge is 0.324 e. The van der Waals surface area contributed by atoms with Crippen LogP contribution in [0.2, 0.25) is 0 Å². The second-order valence-electron chi connectivity index (χ2n) is 5.92. The molecule has 1 aliphatic carbocycles. The third kappa shape index (κ3) is 2.78. The molecule has 21 heavy (non-hydrogen) atoms. The molecule has 110 valence electrons. The van der Waals surface area contributed by atoms with E-state index in [0.717, 1.165) is 16.9 Å². The normalized spacial score (nSPS) is 18.3. The predicted molar refractivity (Wildman–Crippen MR) is 85.5 cm³/mol. The maximum absolute atomic E-state index is 9.15. The lowest BCUT2D eigenvalue weighted by Gasteiger charge is -2.21. The smallest absolute Gasteiger partial charge is 0.127 e. The second kappa shape index (κ2) is 6.07. The van der Waals surface area contributed by atoms with Crippen LogP contribution < -0.4 is 0 Å². The van der Waals surface area contributed by atoms with Crippen LogP contribution in [0.5, 0.6) is 0 Å². The molecule has 1 atom stereocenters. The molecule has 0 bridgehead atoms. The molecule has 0 amide bonds. The number of rotatable bonds is 2. The molecule has 1 aromatic heterocycles. The van der Waals surface area contributed by atoms with Crippen molar-refractivity contribution in [3.8, 4) is 6.07 Å². The first-order chi connectivity index (χ1) is 10.2. The SMILES string of the molecule is CC(Cl)c1nc2ccc(C#N)cc2n1C1CCCCCC1. The summed E-state index contributed by atoms with van der Waals surface area (Å²) in [7, 11) is 0. The molecule has 0 saturated heterocycles. The van der Waals surface area contributed by atoms with Gasteiger partial charge in [-0.05, 0) is 38.0 Å². The molecule has 1 aromatic carbocycles. The first-order valence-electron chi connectivity index (χ1n) is 7.77. The molecule has 3 rings (SSSR count). The van der Waals surface area contributed by atoms with Gasteiger partial charge in [-0.2, -0.15) is 5.26 Å². The Labute approximate surface area is 130 Å². The van der Waals surface area contributed by atoms with Crippen LogP contribution in [-0.2, 0) is 0 Å². The highest BCUT2D eigenvalue weighted by molar-refractivity contribution is 6.20. The summed E-state index contributed by atoms with van der Waals surface area (Å²) in [6, 6.07) is 8.40. The highest BCUT2D eigenvalue weighted by atomic mass is 35.5. The van der Waals surface area contributed by atoms with E-state index in [2.05, 4.69) is 10.6 Å². The van der Waals surface area contributed by atoms with Crippen molar-refractivity contribution >= 4 is 22.6 Å². The standard InChI is InChI=1S/C17H20ClN3/c1-12(18)17-20-15-9-8-13(11-19)10-16(15)21(17)14-6-4-2-3-5-7-14/h8-10,12,14H,2-7H2,1H3. The van der Waals surface area contributed by atoms with Gasteiger partial charge in [0, 0.05) is 6.04 Å². The number of benzene rings is 1. The number of hydrogen-bond donors (Lipinski definition) is 0. The van der Waals surface area contributed by atoms with E-state index < -0.39 is 0 Å². The van der Waals surface area contributed by atoms with Crippen LogP contribution in [-0.4, -0.2) is 9.55 Å². The molecule has 1 saturated carbocycles. The summed E-state index contributed by atoms with van der Waals surface area (Å²) in [5.41, 5.74) is 2.69. The molecule has 0 radical (unpaired) electrons. The number of hydrogen-bond acceptors (Lipinski definition) is 2. The Morgan fingerprint density at radius 1 is 1.29 bits per heavy atom. The van der Waals surface area contributed by atoms with E-state index in [4.69, 9.17) is 21.8 Å². The van der Waals surface area contributed by atoms with Crippen molar-refractivity contribution in [1.82, 2.24) is 9.55 Å². The maximum Gasteiger partial charge on any atom is 0.127 e. The number of imidazole rings is 1. The van der Waals surface area contributed by atoms with Gasteiger partial charge in [0.2, 0.25) is 0 Å². The maximum atomic E-state index is 9.15. The molecule has 2 aromatic rings.